The number of likely N-dealkylation sites (tertiary alicyclic amines) is 1. The Morgan fingerprint density at radius 3 is 2.81 bits per heavy atom. The zero-order valence-electron chi connectivity index (χ0n) is 14.3. The standard InChI is InChI=1S/C19H19N5O2/c25-19(15-13-20-10-11-21-15)24-12-6-2-5-9-16(24)17-22-18(26-23-17)14-7-3-1-4-8-14/h1,3-4,7-8,10-11,13,16H,2,5-6,9,12H2/t16-/m0/s1. The summed E-state index contributed by atoms with van der Waals surface area (Å²) in [5.74, 6) is 0.871. The van der Waals surface area contributed by atoms with Crippen LogP contribution in [0.1, 0.15) is 48.0 Å². The fourth-order valence-corrected chi connectivity index (χ4v) is 3.24. The number of benzene rings is 1. The van der Waals surface area contributed by atoms with Gasteiger partial charge in [-0.3, -0.25) is 9.78 Å². The highest BCUT2D eigenvalue weighted by atomic mass is 16.5. The van der Waals surface area contributed by atoms with Crippen molar-refractivity contribution >= 4 is 5.91 Å². The first-order valence-electron chi connectivity index (χ1n) is 8.79. The smallest absolute Gasteiger partial charge is 0.274 e. The molecule has 1 atom stereocenters. The Bertz CT molecular complexity index is 866. The highest BCUT2D eigenvalue weighted by molar-refractivity contribution is 5.92. The largest absolute Gasteiger partial charge is 0.334 e. The topological polar surface area (TPSA) is 85.0 Å². The van der Waals surface area contributed by atoms with Gasteiger partial charge in [0.25, 0.3) is 11.8 Å². The van der Waals surface area contributed by atoms with Gasteiger partial charge in [0.2, 0.25) is 0 Å². The van der Waals surface area contributed by atoms with Gasteiger partial charge < -0.3 is 9.42 Å². The minimum Gasteiger partial charge on any atom is -0.334 e. The van der Waals surface area contributed by atoms with Crippen molar-refractivity contribution in [2.75, 3.05) is 6.54 Å². The number of rotatable bonds is 3. The molecule has 0 bridgehead atoms. The Labute approximate surface area is 151 Å². The van der Waals surface area contributed by atoms with E-state index in [1.54, 1.807) is 11.1 Å². The molecule has 1 aliphatic heterocycles. The summed E-state index contributed by atoms with van der Waals surface area (Å²) < 4.78 is 5.45. The van der Waals surface area contributed by atoms with Crippen molar-refractivity contribution in [3.8, 4) is 11.5 Å². The third-order valence-electron chi connectivity index (χ3n) is 4.56. The molecule has 0 spiro atoms. The van der Waals surface area contributed by atoms with Crippen molar-refractivity contribution in [2.45, 2.75) is 31.7 Å². The summed E-state index contributed by atoms with van der Waals surface area (Å²) in [5, 5.41) is 4.17. The van der Waals surface area contributed by atoms with Crippen molar-refractivity contribution < 1.29 is 9.32 Å². The summed E-state index contributed by atoms with van der Waals surface area (Å²) >= 11 is 0. The van der Waals surface area contributed by atoms with Gasteiger partial charge in [0.05, 0.1) is 12.2 Å². The number of nitrogens with zero attached hydrogens (tertiary/aromatic N) is 5. The van der Waals surface area contributed by atoms with E-state index in [9.17, 15) is 4.79 Å². The number of carbonyl (C=O) groups excluding carboxylic acids is 1. The van der Waals surface area contributed by atoms with Crippen molar-refractivity contribution in [1.29, 1.82) is 0 Å². The Balaban J connectivity index is 1.64. The molecule has 4 rings (SSSR count). The molecule has 2 aromatic heterocycles. The SMILES string of the molecule is O=C(c1cnccn1)N1CCCCC[C@H]1c1noc(-c2ccccc2)n1. The fourth-order valence-electron chi connectivity index (χ4n) is 3.24. The summed E-state index contributed by atoms with van der Waals surface area (Å²) in [5.41, 5.74) is 1.21. The summed E-state index contributed by atoms with van der Waals surface area (Å²) in [6.07, 6.45) is 8.43. The average molecular weight is 349 g/mol. The number of hydrogen-bond acceptors (Lipinski definition) is 6. The van der Waals surface area contributed by atoms with Crippen molar-refractivity contribution in [2.24, 2.45) is 0 Å². The van der Waals surface area contributed by atoms with E-state index in [0.717, 1.165) is 31.2 Å². The molecule has 0 saturated carbocycles. The summed E-state index contributed by atoms with van der Waals surface area (Å²) in [4.78, 5) is 27.5. The van der Waals surface area contributed by atoms with E-state index in [2.05, 4.69) is 20.1 Å². The van der Waals surface area contributed by atoms with Crippen molar-refractivity contribution in [3.05, 3.63) is 60.4 Å². The first kappa shape index (κ1) is 16.4. The lowest BCUT2D eigenvalue weighted by Gasteiger charge is -2.27. The van der Waals surface area contributed by atoms with Crippen LogP contribution in [-0.2, 0) is 0 Å². The third-order valence-corrected chi connectivity index (χ3v) is 4.56. The second kappa shape index (κ2) is 7.43. The van der Waals surface area contributed by atoms with E-state index in [1.165, 1.54) is 12.4 Å². The Morgan fingerprint density at radius 2 is 2.00 bits per heavy atom. The normalized spacial score (nSPS) is 17.7. The lowest BCUT2D eigenvalue weighted by atomic mass is 10.1. The van der Waals surface area contributed by atoms with E-state index >= 15 is 0 Å². The molecule has 3 heterocycles. The molecule has 1 amide bonds. The molecule has 7 nitrogen and oxygen atoms in total. The fraction of sp³-hybridized carbons (Fsp3) is 0.316. The molecule has 0 unspecified atom stereocenters. The van der Waals surface area contributed by atoms with Crippen LogP contribution in [0.3, 0.4) is 0 Å². The Kier molecular flexibility index (Phi) is 4.68. The molecule has 0 N–H and O–H groups in total. The lowest BCUT2D eigenvalue weighted by molar-refractivity contribution is 0.0664. The van der Waals surface area contributed by atoms with Gasteiger partial charge in [0, 0.05) is 24.5 Å². The first-order chi connectivity index (χ1) is 12.8. The van der Waals surface area contributed by atoms with E-state index in [-0.39, 0.29) is 11.9 Å². The highest BCUT2D eigenvalue weighted by Gasteiger charge is 2.31. The predicted molar refractivity (Wildman–Crippen MR) is 94.0 cm³/mol. The van der Waals surface area contributed by atoms with Gasteiger partial charge in [-0.05, 0) is 25.0 Å². The van der Waals surface area contributed by atoms with E-state index < -0.39 is 0 Å². The molecular formula is C19H19N5O2. The maximum atomic E-state index is 13.0. The van der Waals surface area contributed by atoms with E-state index in [0.29, 0.717) is 24.0 Å². The van der Waals surface area contributed by atoms with Gasteiger partial charge in [0.15, 0.2) is 5.82 Å². The van der Waals surface area contributed by atoms with Crippen LogP contribution in [0, 0.1) is 0 Å². The molecule has 1 aromatic carbocycles. The predicted octanol–water partition coefficient (Wildman–Crippen LogP) is 3.28. The lowest BCUT2D eigenvalue weighted by Crippen LogP contribution is -2.35. The maximum Gasteiger partial charge on any atom is 0.274 e. The molecular weight excluding hydrogens is 330 g/mol. The van der Waals surface area contributed by atoms with Crippen molar-refractivity contribution in [1.82, 2.24) is 25.0 Å². The second-order valence-electron chi connectivity index (χ2n) is 6.28. The van der Waals surface area contributed by atoms with Crippen LogP contribution in [0.2, 0.25) is 0 Å². The molecule has 1 aliphatic rings. The van der Waals surface area contributed by atoms with Crippen LogP contribution in [0.25, 0.3) is 11.5 Å². The van der Waals surface area contributed by atoms with Crippen LogP contribution >= 0.6 is 0 Å². The molecule has 1 fully saturated rings. The van der Waals surface area contributed by atoms with Crippen LogP contribution in [0.5, 0.6) is 0 Å². The minimum absolute atomic E-state index is 0.143. The van der Waals surface area contributed by atoms with Gasteiger partial charge in [-0.25, -0.2) is 4.98 Å². The minimum atomic E-state index is -0.215. The van der Waals surface area contributed by atoms with Gasteiger partial charge in [-0.15, -0.1) is 0 Å². The zero-order valence-corrected chi connectivity index (χ0v) is 14.3. The van der Waals surface area contributed by atoms with Gasteiger partial charge in [-0.1, -0.05) is 36.2 Å². The van der Waals surface area contributed by atoms with Crippen LogP contribution < -0.4 is 0 Å². The maximum absolute atomic E-state index is 13.0. The first-order valence-corrected chi connectivity index (χ1v) is 8.79. The van der Waals surface area contributed by atoms with Gasteiger partial charge in [-0.2, -0.15) is 4.98 Å². The number of amides is 1. The molecule has 0 radical (unpaired) electrons. The van der Waals surface area contributed by atoms with E-state index in [1.807, 2.05) is 30.3 Å². The van der Waals surface area contributed by atoms with Gasteiger partial charge >= 0.3 is 0 Å². The van der Waals surface area contributed by atoms with Gasteiger partial charge in [0.1, 0.15) is 5.69 Å². The molecule has 26 heavy (non-hydrogen) atoms. The number of carbonyl (C=O) groups is 1. The monoisotopic (exact) mass is 349 g/mol. The highest BCUT2D eigenvalue weighted by Crippen LogP contribution is 2.30. The van der Waals surface area contributed by atoms with Crippen LogP contribution in [-0.4, -0.2) is 37.5 Å². The summed E-state index contributed by atoms with van der Waals surface area (Å²) in [6.45, 7) is 0.648. The second-order valence-corrected chi connectivity index (χ2v) is 6.28. The molecule has 3 aromatic rings. The van der Waals surface area contributed by atoms with Crippen molar-refractivity contribution in [3.63, 3.8) is 0 Å². The molecule has 0 aliphatic carbocycles. The summed E-state index contributed by atoms with van der Waals surface area (Å²) in [7, 11) is 0. The quantitative estimate of drug-likeness (QED) is 0.721. The summed E-state index contributed by atoms with van der Waals surface area (Å²) in [6, 6.07) is 9.42. The Morgan fingerprint density at radius 1 is 1.12 bits per heavy atom. The zero-order chi connectivity index (χ0) is 17.8. The number of hydrogen-bond donors (Lipinski definition) is 0. The Hall–Kier alpha value is -3.09. The molecule has 1 saturated heterocycles. The number of aromatic nitrogens is 4. The van der Waals surface area contributed by atoms with Crippen LogP contribution in [0.4, 0.5) is 0 Å². The van der Waals surface area contributed by atoms with E-state index in [4.69, 9.17) is 4.52 Å². The molecule has 132 valence electrons. The van der Waals surface area contributed by atoms with Crippen LogP contribution in [0.15, 0.2) is 53.4 Å². The average Bonchev–Trinajstić information content (AvgIpc) is 3.07. The third kappa shape index (κ3) is 3.33. The molecule has 7 heteroatoms.